The van der Waals surface area contributed by atoms with Crippen molar-refractivity contribution in [2.24, 2.45) is 5.92 Å². The average Bonchev–Trinajstić information content (AvgIpc) is 2.30. The lowest BCUT2D eigenvalue weighted by molar-refractivity contribution is -0.122. The Bertz CT molecular complexity index is 168. The van der Waals surface area contributed by atoms with Crippen molar-refractivity contribution in [1.29, 1.82) is 0 Å². The molecule has 0 saturated heterocycles. The first-order chi connectivity index (χ1) is 7.72. The van der Waals surface area contributed by atoms with Crippen molar-refractivity contribution in [2.75, 3.05) is 13.1 Å². The van der Waals surface area contributed by atoms with Gasteiger partial charge in [-0.05, 0) is 13.0 Å². The zero-order chi connectivity index (χ0) is 12.2. The van der Waals surface area contributed by atoms with Crippen molar-refractivity contribution < 1.29 is 4.79 Å². The number of rotatable bonds is 11. The van der Waals surface area contributed by atoms with Gasteiger partial charge in [-0.2, -0.15) is 0 Å². The molecule has 0 aromatic rings. The molecule has 0 spiro atoms. The molecule has 0 aromatic heterocycles. The molecular weight excluding hydrogens is 198 g/mol. The molecule has 96 valence electrons. The predicted octanol–water partition coefficient (Wildman–Crippen LogP) is 3.55. The monoisotopic (exact) mass is 227 g/mol. The highest BCUT2D eigenvalue weighted by Gasteiger charge is 2.11. The van der Waals surface area contributed by atoms with Gasteiger partial charge in [0.25, 0.3) is 0 Å². The Morgan fingerprint density at radius 2 is 1.69 bits per heavy atom. The Morgan fingerprint density at radius 1 is 1.06 bits per heavy atom. The molecule has 1 unspecified atom stereocenters. The second kappa shape index (κ2) is 11.1. The van der Waals surface area contributed by atoms with Crippen LogP contribution in [-0.2, 0) is 4.79 Å². The van der Waals surface area contributed by atoms with E-state index in [1.54, 1.807) is 0 Å². The normalized spacial score (nSPS) is 12.7. The van der Waals surface area contributed by atoms with Gasteiger partial charge in [0.15, 0.2) is 0 Å². The molecule has 0 saturated carbocycles. The standard InChI is InChI=1S/C14H29NO/c1-4-6-7-8-9-10-11-14(16)13(3)12-15-5-2/h13,15H,4-12H2,1-3H3. The average molecular weight is 227 g/mol. The van der Waals surface area contributed by atoms with E-state index in [9.17, 15) is 4.79 Å². The molecule has 0 rings (SSSR count). The summed E-state index contributed by atoms with van der Waals surface area (Å²) < 4.78 is 0. The van der Waals surface area contributed by atoms with Gasteiger partial charge in [0.2, 0.25) is 0 Å². The molecule has 0 aliphatic carbocycles. The molecule has 1 atom stereocenters. The maximum absolute atomic E-state index is 11.7. The summed E-state index contributed by atoms with van der Waals surface area (Å²) in [6.07, 6.45) is 8.33. The number of Topliss-reactive ketones (excluding diaryl/α,β-unsaturated/α-hetero) is 1. The van der Waals surface area contributed by atoms with Crippen LogP contribution in [0.25, 0.3) is 0 Å². The van der Waals surface area contributed by atoms with Crippen LogP contribution in [0.15, 0.2) is 0 Å². The molecular formula is C14H29NO. The van der Waals surface area contributed by atoms with Crippen LogP contribution in [0.1, 0.15) is 65.7 Å². The third kappa shape index (κ3) is 8.90. The lowest BCUT2D eigenvalue weighted by atomic mass is 10.00. The van der Waals surface area contributed by atoms with Crippen molar-refractivity contribution in [2.45, 2.75) is 65.7 Å². The summed E-state index contributed by atoms with van der Waals surface area (Å²) >= 11 is 0. The second-order valence-electron chi connectivity index (χ2n) is 4.69. The number of hydrogen-bond acceptors (Lipinski definition) is 2. The number of carbonyl (C=O) groups excluding carboxylic acids is 1. The third-order valence-corrected chi connectivity index (χ3v) is 3.03. The van der Waals surface area contributed by atoms with E-state index in [1.807, 2.05) is 6.92 Å². The molecule has 16 heavy (non-hydrogen) atoms. The summed E-state index contributed by atoms with van der Waals surface area (Å²) in [5.41, 5.74) is 0. The van der Waals surface area contributed by atoms with Gasteiger partial charge in [-0.25, -0.2) is 0 Å². The first kappa shape index (κ1) is 15.6. The van der Waals surface area contributed by atoms with Gasteiger partial charge in [-0.1, -0.05) is 52.9 Å². The van der Waals surface area contributed by atoms with E-state index in [4.69, 9.17) is 0 Å². The van der Waals surface area contributed by atoms with Crippen molar-refractivity contribution >= 4 is 5.78 Å². The van der Waals surface area contributed by atoms with E-state index < -0.39 is 0 Å². The van der Waals surface area contributed by atoms with Gasteiger partial charge in [-0.3, -0.25) is 4.79 Å². The minimum atomic E-state index is 0.190. The summed E-state index contributed by atoms with van der Waals surface area (Å²) in [6.45, 7) is 8.12. The molecule has 1 N–H and O–H groups in total. The van der Waals surface area contributed by atoms with Gasteiger partial charge in [0.05, 0.1) is 0 Å². The summed E-state index contributed by atoms with van der Waals surface area (Å²) in [7, 11) is 0. The summed E-state index contributed by atoms with van der Waals surface area (Å²) in [4.78, 5) is 11.7. The van der Waals surface area contributed by atoms with E-state index in [-0.39, 0.29) is 5.92 Å². The maximum Gasteiger partial charge on any atom is 0.136 e. The fourth-order valence-electron chi connectivity index (χ4n) is 1.80. The Hall–Kier alpha value is -0.370. The van der Waals surface area contributed by atoms with Crippen molar-refractivity contribution in [3.8, 4) is 0 Å². The minimum Gasteiger partial charge on any atom is -0.316 e. The molecule has 0 heterocycles. The Labute approximate surface area is 101 Å². The predicted molar refractivity (Wildman–Crippen MR) is 70.7 cm³/mol. The lowest BCUT2D eigenvalue weighted by Gasteiger charge is -2.10. The molecule has 0 radical (unpaired) electrons. The first-order valence-corrected chi connectivity index (χ1v) is 6.95. The van der Waals surface area contributed by atoms with Crippen LogP contribution in [0.2, 0.25) is 0 Å². The maximum atomic E-state index is 11.7. The number of carbonyl (C=O) groups is 1. The van der Waals surface area contributed by atoms with E-state index in [0.717, 1.165) is 25.9 Å². The minimum absolute atomic E-state index is 0.190. The smallest absolute Gasteiger partial charge is 0.136 e. The first-order valence-electron chi connectivity index (χ1n) is 6.95. The number of nitrogens with one attached hydrogen (secondary N) is 1. The molecule has 0 aliphatic rings. The van der Waals surface area contributed by atoms with Crippen LogP contribution in [0.5, 0.6) is 0 Å². The Kier molecular flexibility index (Phi) is 10.9. The molecule has 2 nitrogen and oxygen atoms in total. The highest BCUT2D eigenvalue weighted by Crippen LogP contribution is 2.09. The van der Waals surface area contributed by atoms with Gasteiger partial charge in [-0.15, -0.1) is 0 Å². The third-order valence-electron chi connectivity index (χ3n) is 3.03. The van der Waals surface area contributed by atoms with Crippen LogP contribution in [-0.4, -0.2) is 18.9 Å². The lowest BCUT2D eigenvalue weighted by Crippen LogP contribution is -2.26. The van der Waals surface area contributed by atoms with E-state index in [1.165, 1.54) is 32.1 Å². The van der Waals surface area contributed by atoms with Crippen LogP contribution in [0.3, 0.4) is 0 Å². The van der Waals surface area contributed by atoms with Gasteiger partial charge in [0, 0.05) is 18.9 Å². The SMILES string of the molecule is CCCCCCCCC(=O)C(C)CNCC. The van der Waals surface area contributed by atoms with Crippen molar-refractivity contribution in [3.63, 3.8) is 0 Å². The van der Waals surface area contributed by atoms with E-state index in [2.05, 4.69) is 19.2 Å². The zero-order valence-electron chi connectivity index (χ0n) is 11.3. The zero-order valence-corrected chi connectivity index (χ0v) is 11.3. The van der Waals surface area contributed by atoms with Crippen molar-refractivity contribution in [3.05, 3.63) is 0 Å². The van der Waals surface area contributed by atoms with Gasteiger partial charge >= 0.3 is 0 Å². The van der Waals surface area contributed by atoms with E-state index in [0.29, 0.717) is 5.78 Å². The van der Waals surface area contributed by atoms with Crippen LogP contribution < -0.4 is 5.32 Å². The number of hydrogen-bond donors (Lipinski definition) is 1. The molecule has 0 amide bonds. The van der Waals surface area contributed by atoms with Crippen molar-refractivity contribution in [1.82, 2.24) is 5.32 Å². The molecule has 0 aromatic carbocycles. The van der Waals surface area contributed by atoms with Crippen LogP contribution >= 0.6 is 0 Å². The summed E-state index contributed by atoms with van der Waals surface area (Å²) in [6, 6.07) is 0. The Balaban J connectivity index is 3.35. The van der Waals surface area contributed by atoms with Crippen LogP contribution in [0.4, 0.5) is 0 Å². The highest BCUT2D eigenvalue weighted by atomic mass is 16.1. The van der Waals surface area contributed by atoms with Crippen LogP contribution in [0, 0.1) is 5.92 Å². The Morgan fingerprint density at radius 3 is 2.31 bits per heavy atom. The number of ketones is 1. The van der Waals surface area contributed by atoms with Gasteiger partial charge < -0.3 is 5.32 Å². The largest absolute Gasteiger partial charge is 0.316 e. The fraction of sp³-hybridized carbons (Fsp3) is 0.929. The molecule has 2 heteroatoms. The summed E-state index contributed by atoms with van der Waals surface area (Å²) in [5, 5.41) is 3.23. The molecule has 0 fully saturated rings. The fourth-order valence-corrected chi connectivity index (χ4v) is 1.80. The number of unbranched alkanes of at least 4 members (excludes halogenated alkanes) is 5. The second-order valence-corrected chi connectivity index (χ2v) is 4.69. The highest BCUT2D eigenvalue weighted by molar-refractivity contribution is 5.80. The molecule has 0 bridgehead atoms. The van der Waals surface area contributed by atoms with E-state index >= 15 is 0 Å². The quantitative estimate of drug-likeness (QED) is 0.547. The molecule has 0 aliphatic heterocycles. The summed E-state index contributed by atoms with van der Waals surface area (Å²) in [5.74, 6) is 0.618. The topological polar surface area (TPSA) is 29.1 Å². The van der Waals surface area contributed by atoms with Gasteiger partial charge in [0.1, 0.15) is 5.78 Å².